The Balaban J connectivity index is 1.74. The van der Waals surface area contributed by atoms with E-state index in [4.69, 9.17) is 4.74 Å². The van der Waals surface area contributed by atoms with Crippen LogP contribution in [0.1, 0.15) is 26.7 Å². The molecular weight excluding hydrogens is 294 g/mol. The lowest BCUT2D eigenvalue weighted by molar-refractivity contribution is -0.130. The fourth-order valence-electron chi connectivity index (χ4n) is 2.54. The lowest BCUT2D eigenvalue weighted by atomic mass is 10.1. The molecule has 0 spiro atoms. The number of hydrogen-bond donors (Lipinski definition) is 2. The van der Waals surface area contributed by atoms with Gasteiger partial charge in [-0.1, -0.05) is 26.0 Å². The molecule has 1 aromatic carbocycles. The Morgan fingerprint density at radius 1 is 1.30 bits per heavy atom. The third kappa shape index (κ3) is 4.96. The van der Waals surface area contributed by atoms with Crippen molar-refractivity contribution < 1.29 is 14.3 Å². The number of carbonyl (C=O) groups is 2. The van der Waals surface area contributed by atoms with E-state index in [2.05, 4.69) is 29.4 Å². The first-order chi connectivity index (χ1) is 11.1. The minimum absolute atomic E-state index is 0.0332. The van der Waals surface area contributed by atoms with Crippen LogP contribution in [0.4, 0.5) is 5.69 Å². The van der Waals surface area contributed by atoms with Gasteiger partial charge in [-0.15, -0.1) is 0 Å². The molecule has 2 rings (SSSR count). The second kappa shape index (κ2) is 8.53. The minimum atomic E-state index is -0.771. The summed E-state index contributed by atoms with van der Waals surface area (Å²) in [7, 11) is 0. The Labute approximate surface area is 137 Å². The highest BCUT2D eigenvalue weighted by Gasteiger charge is 2.29. The van der Waals surface area contributed by atoms with Gasteiger partial charge < -0.3 is 20.3 Å². The fraction of sp³-hybridized carbons (Fsp3) is 0.529. The van der Waals surface area contributed by atoms with E-state index in [9.17, 15) is 9.59 Å². The van der Waals surface area contributed by atoms with Crippen LogP contribution < -0.4 is 15.4 Å². The monoisotopic (exact) mass is 319 g/mol. The molecule has 6 heteroatoms. The molecule has 0 radical (unpaired) electrons. The quantitative estimate of drug-likeness (QED) is 0.715. The predicted octanol–water partition coefficient (Wildman–Crippen LogP) is 1.62. The summed E-state index contributed by atoms with van der Waals surface area (Å²) in [5.41, 5.74) is 0.647. The standard InChI is InChI=1S/C17H25N3O3/c1-3-20(4-2)11-7-10-18-16(21)12-15-17(22)19-13-8-5-6-9-14(13)23-15/h5-6,8-9,15H,3-4,7,10-12H2,1-2H3,(H,18,21)(H,19,22)/t15-/m1/s1. The van der Waals surface area contributed by atoms with Crippen LogP contribution in [0.15, 0.2) is 24.3 Å². The highest BCUT2D eigenvalue weighted by Crippen LogP contribution is 2.29. The third-order valence-corrected chi connectivity index (χ3v) is 3.95. The second-order valence-electron chi connectivity index (χ2n) is 5.53. The molecule has 0 saturated heterocycles. The van der Waals surface area contributed by atoms with Gasteiger partial charge in [0, 0.05) is 6.54 Å². The van der Waals surface area contributed by atoms with Crippen LogP contribution in [-0.2, 0) is 9.59 Å². The van der Waals surface area contributed by atoms with E-state index >= 15 is 0 Å². The van der Waals surface area contributed by atoms with Crippen molar-refractivity contribution in [2.24, 2.45) is 0 Å². The normalized spacial score (nSPS) is 16.5. The maximum absolute atomic E-state index is 12.0. The summed E-state index contributed by atoms with van der Waals surface area (Å²) in [6, 6.07) is 7.21. The number of ether oxygens (including phenoxy) is 1. The van der Waals surface area contributed by atoms with Crippen molar-refractivity contribution in [1.29, 1.82) is 0 Å². The van der Waals surface area contributed by atoms with Crippen LogP contribution >= 0.6 is 0 Å². The molecule has 6 nitrogen and oxygen atoms in total. The summed E-state index contributed by atoms with van der Waals surface area (Å²) < 4.78 is 5.61. The Morgan fingerprint density at radius 3 is 2.78 bits per heavy atom. The number of nitrogens with zero attached hydrogens (tertiary/aromatic N) is 1. The maximum Gasteiger partial charge on any atom is 0.266 e. The average molecular weight is 319 g/mol. The van der Waals surface area contributed by atoms with Crippen LogP contribution in [0.25, 0.3) is 0 Å². The van der Waals surface area contributed by atoms with E-state index in [0.717, 1.165) is 26.1 Å². The van der Waals surface area contributed by atoms with E-state index in [-0.39, 0.29) is 18.2 Å². The van der Waals surface area contributed by atoms with Gasteiger partial charge in [-0.2, -0.15) is 0 Å². The minimum Gasteiger partial charge on any atom is -0.478 e. The van der Waals surface area contributed by atoms with Crippen molar-refractivity contribution in [1.82, 2.24) is 10.2 Å². The van der Waals surface area contributed by atoms with Crippen molar-refractivity contribution in [2.75, 3.05) is 31.5 Å². The van der Waals surface area contributed by atoms with Gasteiger partial charge in [0.05, 0.1) is 12.1 Å². The molecule has 0 aliphatic carbocycles. The largest absolute Gasteiger partial charge is 0.478 e. The summed E-state index contributed by atoms with van der Waals surface area (Å²) in [5, 5.41) is 5.61. The summed E-state index contributed by atoms with van der Waals surface area (Å²) in [6.45, 7) is 7.85. The van der Waals surface area contributed by atoms with Crippen LogP contribution in [-0.4, -0.2) is 49.0 Å². The van der Waals surface area contributed by atoms with Gasteiger partial charge in [0.1, 0.15) is 5.75 Å². The Hall–Kier alpha value is -2.08. The van der Waals surface area contributed by atoms with Gasteiger partial charge in [0.2, 0.25) is 5.91 Å². The van der Waals surface area contributed by atoms with Crippen LogP contribution in [0, 0.1) is 0 Å². The average Bonchev–Trinajstić information content (AvgIpc) is 2.55. The predicted molar refractivity (Wildman–Crippen MR) is 89.5 cm³/mol. The second-order valence-corrected chi connectivity index (χ2v) is 5.53. The molecule has 1 atom stereocenters. The molecular formula is C17H25N3O3. The first kappa shape index (κ1) is 17.3. The summed E-state index contributed by atoms with van der Waals surface area (Å²) in [4.78, 5) is 26.2. The molecule has 1 aromatic rings. The number of fused-ring (bicyclic) bond motifs is 1. The number of para-hydroxylation sites is 2. The molecule has 2 N–H and O–H groups in total. The van der Waals surface area contributed by atoms with Crippen molar-refractivity contribution in [3.8, 4) is 5.75 Å². The maximum atomic E-state index is 12.0. The number of carbonyl (C=O) groups excluding carboxylic acids is 2. The molecule has 1 heterocycles. The molecule has 0 aromatic heterocycles. The van der Waals surface area contributed by atoms with E-state index in [1.807, 2.05) is 12.1 Å². The van der Waals surface area contributed by atoms with Crippen molar-refractivity contribution in [3.63, 3.8) is 0 Å². The first-order valence-corrected chi connectivity index (χ1v) is 8.19. The van der Waals surface area contributed by atoms with Crippen molar-refractivity contribution >= 4 is 17.5 Å². The smallest absolute Gasteiger partial charge is 0.266 e. The lowest BCUT2D eigenvalue weighted by Crippen LogP contribution is -2.41. The van der Waals surface area contributed by atoms with Gasteiger partial charge in [-0.05, 0) is 38.2 Å². The summed E-state index contributed by atoms with van der Waals surface area (Å²) in [6.07, 6.45) is 0.159. The molecule has 126 valence electrons. The Morgan fingerprint density at radius 2 is 2.04 bits per heavy atom. The number of rotatable bonds is 8. The SMILES string of the molecule is CCN(CC)CCCNC(=O)C[C@H]1Oc2ccccc2NC1=O. The highest BCUT2D eigenvalue weighted by molar-refractivity contribution is 5.99. The van der Waals surface area contributed by atoms with Gasteiger partial charge >= 0.3 is 0 Å². The zero-order valence-electron chi connectivity index (χ0n) is 13.8. The van der Waals surface area contributed by atoms with Gasteiger partial charge in [-0.3, -0.25) is 9.59 Å². The molecule has 1 aliphatic rings. The number of hydrogen-bond acceptors (Lipinski definition) is 4. The molecule has 0 unspecified atom stereocenters. The molecule has 0 saturated carbocycles. The van der Waals surface area contributed by atoms with Gasteiger partial charge in [0.15, 0.2) is 6.10 Å². The zero-order chi connectivity index (χ0) is 16.7. The first-order valence-electron chi connectivity index (χ1n) is 8.19. The number of nitrogens with one attached hydrogen (secondary N) is 2. The topological polar surface area (TPSA) is 70.7 Å². The van der Waals surface area contributed by atoms with E-state index in [0.29, 0.717) is 18.0 Å². The fourth-order valence-corrected chi connectivity index (χ4v) is 2.54. The van der Waals surface area contributed by atoms with Crippen LogP contribution in [0.3, 0.4) is 0 Å². The zero-order valence-corrected chi connectivity index (χ0v) is 13.8. The Bertz CT molecular complexity index is 544. The Kier molecular flexibility index (Phi) is 6.40. The number of anilines is 1. The molecule has 23 heavy (non-hydrogen) atoms. The highest BCUT2D eigenvalue weighted by atomic mass is 16.5. The van der Waals surface area contributed by atoms with E-state index in [1.54, 1.807) is 12.1 Å². The van der Waals surface area contributed by atoms with Gasteiger partial charge in [0.25, 0.3) is 5.91 Å². The molecule has 0 bridgehead atoms. The lowest BCUT2D eigenvalue weighted by Gasteiger charge is -2.25. The molecule has 2 amide bonds. The molecule has 1 aliphatic heterocycles. The van der Waals surface area contributed by atoms with Crippen molar-refractivity contribution in [2.45, 2.75) is 32.8 Å². The van der Waals surface area contributed by atoms with Crippen LogP contribution in [0.5, 0.6) is 5.75 Å². The van der Waals surface area contributed by atoms with E-state index in [1.165, 1.54) is 0 Å². The van der Waals surface area contributed by atoms with E-state index < -0.39 is 6.10 Å². The molecule has 0 fully saturated rings. The van der Waals surface area contributed by atoms with Gasteiger partial charge in [-0.25, -0.2) is 0 Å². The van der Waals surface area contributed by atoms with Crippen molar-refractivity contribution in [3.05, 3.63) is 24.3 Å². The number of benzene rings is 1. The number of amides is 2. The van der Waals surface area contributed by atoms with Crippen LogP contribution in [0.2, 0.25) is 0 Å². The summed E-state index contributed by atoms with van der Waals surface area (Å²) in [5.74, 6) is 0.164. The summed E-state index contributed by atoms with van der Waals surface area (Å²) >= 11 is 0. The third-order valence-electron chi connectivity index (χ3n) is 3.95.